The average Bonchev–Trinajstić information content (AvgIpc) is 3.04. The number of aliphatic hydroxyl groups is 1. The van der Waals surface area contributed by atoms with Gasteiger partial charge in [-0.15, -0.1) is 0 Å². The van der Waals surface area contributed by atoms with Gasteiger partial charge < -0.3 is 5.11 Å². The SMILES string of the molecule is C=C(C)[C@H]1CC[C@]2(C)CC[C@@]3(C)[C@H](CC[C@@H]4[C@@]5(C)CC[C@H](O)C(C)(C)[C@@H]5CC[C@]43C)[C@@H]12. The van der Waals surface area contributed by atoms with Crippen LogP contribution in [-0.2, 0) is 0 Å². The van der Waals surface area contributed by atoms with E-state index in [1.165, 1.54) is 63.4 Å². The number of rotatable bonds is 1. The van der Waals surface area contributed by atoms with Gasteiger partial charge in [0.05, 0.1) is 6.10 Å². The fraction of sp³-hybridized carbons (Fsp3) is 0.933. The maximum absolute atomic E-state index is 10.9. The van der Waals surface area contributed by atoms with E-state index in [1.54, 1.807) is 0 Å². The van der Waals surface area contributed by atoms with Crippen LogP contribution in [0.25, 0.3) is 0 Å². The Bertz CT molecular complexity index is 766. The standard InChI is InChI=1S/C30H50O/c1-19(2)20-11-14-27(5)17-18-29(7)21(25(20)27)9-10-23-28(6)15-13-24(31)26(3,4)22(28)12-16-30(23,29)8/h20-25,31H,1,9-18H2,2-8H3/t20-,21-,22+,23-,24+,25-,27-,28+,29+,30-/m1/s1. The van der Waals surface area contributed by atoms with Crippen LogP contribution in [-0.4, -0.2) is 11.2 Å². The quantitative estimate of drug-likeness (QED) is 0.421. The Morgan fingerprint density at radius 1 is 0.742 bits per heavy atom. The van der Waals surface area contributed by atoms with Crippen LogP contribution in [0.4, 0.5) is 0 Å². The van der Waals surface area contributed by atoms with E-state index >= 15 is 0 Å². The summed E-state index contributed by atoms with van der Waals surface area (Å²) in [6.07, 6.45) is 13.4. The van der Waals surface area contributed by atoms with Crippen molar-refractivity contribution in [1.82, 2.24) is 0 Å². The number of aliphatic hydroxyl groups excluding tert-OH is 1. The highest BCUT2D eigenvalue weighted by molar-refractivity contribution is 5.21. The summed E-state index contributed by atoms with van der Waals surface area (Å²) in [5.41, 5.74) is 3.38. The first kappa shape index (κ1) is 22.5. The molecule has 0 aromatic carbocycles. The second-order valence-electron chi connectivity index (χ2n) is 14.7. The average molecular weight is 427 g/mol. The molecule has 10 atom stereocenters. The van der Waals surface area contributed by atoms with E-state index in [9.17, 15) is 5.11 Å². The van der Waals surface area contributed by atoms with E-state index in [2.05, 4.69) is 55.0 Å². The van der Waals surface area contributed by atoms with Crippen molar-refractivity contribution in [3.8, 4) is 0 Å². The first-order chi connectivity index (χ1) is 14.3. The van der Waals surface area contributed by atoms with Crippen LogP contribution < -0.4 is 0 Å². The van der Waals surface area contributed by atoms with Gasteiger partial charge in [-0.25, -0.2) is 0 Å². The van der Waals surface area contributed by atoms with Gasteiger partial charge in [0.15, 0.2) is 0 Å². The number of hydrogen-bond acceptors (Lipinski definition) is 1. The van der Waals surface area contributed by atoms with Gasteiger partial charge >= 0.3 is 0 Å². The predicted molar refractivity (Wildman–Crippen MR) is 131 cm³/mol. The number of fused-ring (bicyclic) bond motifs is 7. The van der Waals surface area contributed by atoms with Crippen LogP contribution in [0, 0.1) is 56.7 Å². The van der Waals surface area contributed by atoms with Gasteiger partial charge in [0, 0.05) is 0 Å². The van der Waals surface area contributed by atoms with E-state index in [0.29, 0.717) is 27.6 Å². The van der Waals surface area contributed by atoms with Crippen molar-refractivity contribution in [2.45, 2.75) is 119 Å². The van der Waals surface area contributed by atoms with Gasteiger partial charge in [0.2, 0.25) is 0 Å². The summed E-state index contributed by atoms with van der Waals surface area (Å²) in [4.78, 5) is 0. The maximum atomic E-state index is 10.9. The molecule has 0 radical (unpaired) electrons. The third kappa shape index (κ3) is 2.65. The summed E-state index contributed by atoms with van der Waals surface area (Å²) in [5, 5.41) is 10.9. The van der Waals surface area contributed by atoms with E-state index in [1.807, 2.05) is 0 Å². The number of hydrogen-bond donors (Lipinski definition) is 1. The van der Waals surface area contributed by atoms with Gasteiger partial charge in [0.1, 0.15) is 0 Å². The van der Waals surface area contributed by atoms with E-state index in [0.717, 1.165) is 30.1 Å². The van der Waals surface area contributed by atoms with Gasteiger partial charge in [-0.3, -0.25) is 0 Å². The van der Waals surface area contributed by atoms with Crippen LogP contribution in [0.1, 0.15) is 113 Å². The highest BCUT2D eigenvalue weighted by Gasteiger charge is 2.70. The largest absolute Gasteiger partial charge is 0.393 e. The molecule has 5 aliphatic carbocycles. The third-order valence-corrected chi connectivity index (χ3v) is 13.5. The zero-order chi connectivity index (χ0) is 22.6. The van der Waals surface area contributed by atoms with Gasteiger partial charge in [-0.1, -0.05) is 53.7 Å². The maximum Gasteiger partial charge on any atom is 0.0594 e. The topological polar surface area (TPSA) is 20.2 Å². The Kier molecular flexibility index (Phi) is 4.82. The molecule has 5 fully saturated rings. The Balaban J connectivity index is 1.54. The van der Waals surface area contributed by atoms with Crippen molar-refractivity contribution in [3.05, 3.63) is 12.2 Å². The summed E-state index contributed by atoms with van der Waals surface area (Å²) >= 11 is 0. The van der Waals surface area contributed by atoms with Crippen LogP contribution in [0.15, 0.2) is 12.2 Å². The fourth-order valence-corrected chi connectivity index (χ4v) is 11.5. The zero-order valence-corrected chi connectivity index (χ0v) is 21.7. The molecule has 1 N–H and O–H groups in total. The monoisotopic (exact) mass is 426 g/mol. The molecule has 31 heavy (non-hydrogen) atoms. The van der Waals surface area contributed by atoms with E-state index in [-0.39, 0.29) is 11.5 Å². The van der Waals surface area contributed by atoms with Crippen LogP contribution in [0.2, 0.25) is 0 Å². The Hall–Kier alpha value is -0.300. The lowest BCUT2D eigenvalue weighted by Crippen LogP contribution is -2.66. The molecule has 5 rings (SSSR count). The van der Waals surface area contributed by atoms with Gasteiger partial charge in [0.25, 0.3) is 0 Å². The normalized spacial score (nSPS) is 57.9. The van der Waals surface area contributed by atoms with Crippen molar-refractivity contribution in [2.24, 2.45) is 56.7 Å². The van der Waals surface area contributed by atoms with Crippen molar-refractivity contribution < 1.29 is 5.11 Å². The summed E-state index contributed by atoms with van der Waals surface area (Å²) in [7, 11) is 0. The molecule has 0 aromatic rings. The zero-order valence-electron chi connectivity index (χ0n) is 21.7. The summed E-state index contributed by atoms with van der Waals surface area (Å²) in [6.45, 7) is 22.3. The Morgan fingerprint density at radius 2 is 1.45 bits per heavy atom. The summed E-state index contributed by atoms with van der Waals surface area (Å²) in [6, 6.07) is 0. The molecule has 0 unspecified atom stereocenters. The van der Waals surface area contributed by atoms with Crippen molar-refractivity contribution in [2.75, 3.05) is 0 Å². The van der Waals surface area contributed by atoms with E-state index in [4.69, 9.17) is 0 Å². The molecule has 0 aliphatic heterocycles. The predicted octanol–water partition coefficient (Wildman–Crippen LogP) is 8.02. The smallest absolute Gasteiger partial charge is 0.0594 e. The lowest BCUT2D eigenvalue weighted by Gasteiger charge is -2.73. The molecule has 176 valence electrons. The highest BCUT2D eigenvalue weighted by atomic mass is 16.3. The molecule has 0 aromatic heterocycles. The van der Waals surface area contributed by atoms with Gasteiger partial charge in [-0.05, 0) is 128 Å². The lowest BCUT2D eigenvalue weighted by atomic mass is 9.32. The van der Waals surface area contributed by atoms with Crippen molar-refractivity contribution in [1.29, 1.82) is 0 Å². The Labute approximate surface area is 192 Å². The molecule has 5 aliphatic rings. The second-order valence-corrected chi connectivity index (χ2v) is 14.7. The second kappa shape index (κ2) is 6.64. The Morgan fingerprint density at radius 3 is 2.13 bits per heavy atom. The minimum Gasteiger partial charge on any atom is -0.393 e. The van der Waals surface area contributed by atoms with Crippen molar-refractivity contribution in [3.63, 3.8) is 0 Å². The van der Waals surface area contributed by atoms with Crippen molar-refractivity contribution >= 4 is 0 Å². The van der Waals surface area contributed by atoms with Gasteiger partial charge in [-0.2, -0.15) is 0 Å². The minimum atomic E-state index is -0.118. The fourth-order valence-electron chi connectivity index (χ4n) is 11.5. The third-order valence-electron chi connectivity index (χ3n) is 13.5. The number of allylic oxidation sites excluding steroid dienone is 1. The minimum absolute atomic E-state index is 0.0632. The molecule has 0 amide bonds. The van der Waals surface area contributed by atoms with Crippen LogP contribution in [0.3, 0.4) is 0 Å². The molecular formula is C30H50O. The van der Waals surface area contributed by atoms with Crippen LogP contribution >= 0.6 is 0 Å². The van der Waals surface area contributed by atoms with Crippen LogP contribution in [0.5, 0.6) is 0 Å². The van der Waals surface area contributed by atoms with E-state index < -0.39 is 0 Å². The molecule has 1 heteroatoms. The molecule has 0 saturated heterocycles. The molecule has 5 saturated carbocycles. The first-order valence-corrected chi connectivity index (χ1v) is 13.6. The molecule has 0 spiro atoms. The molecular weight excluding hydrogens is 376 g/mol. The summed E-state index contributed by atoms with van der Waals surface area (Å²) in [5.74, 6) is 3.98. The lowest BCUT2D eigenvalue weighted by molar-refractivity contribution is -0.246. The molecule has 1 nitrogen and oxygen atoms in total. The molecule has 0 bridgehead atoms. The summed E-state index contributed by atoms with van der Waals surface area (Å²) < 4.78 is 0. The first-order valence-electron chi connectivity index (χ1n) is 13.6. The molecule has 0 heterocycles. The highest BCUT2D eigenvalue weighted by Crippen LogP contribution is 2.77.